The highest BCUT2D eigenvalue weighted by Gasteiger charge is 2.37. The Morgan fingerprint density at radius 3 is 2.60 bits per heavy atom. The number of carbonyl (C=O) groups is 2. The van der Waals surface area contributed by atoms with Gasteiger partial charge in [0, 0.05) is 13.1 Å². The van der Waals surface area contributed by atoms with Crippen LogP contribution in [0.4, 0.5) is 0 Å². The fraction of sp³-hybridized carbons (Fsp3) is 0.467. The van der Waals surface area contributed by atoms with Crippen molar-refractivity contribution in [2.75, 3.05) is 13.1 Å². The van der Waals surface area contributed by atoms with Gasteiger partial charge in [0.2, 0.25) is 5.91 Å². The monoisotopic (exact) mass is 276 g/mol. The highest BCUT2D eigenvalue weighted by atomic mass is 16.4. The van der Waals surface area contributed by atoms with Gasteiger partial charge in [0.05, 0.1) is 5.92 Å². The van der Waals surface area contributed by atoms with Crippen LogP contribution >= 0.6 is 0 Å². The standard InChI is InChI=1S/C15H20N2O3/c1-15(16,12-7-3-2-4-8-12)14(20)17-9-5-6-11(10-17)13(18)19/h2-4,7-8,11H,5-6,9-10,16H2,1H3,(H,18,19)/t11-,15?/m1/s1. The van der Waals surface area contributed by atoms with Gasteiger partial charge in [-0.05, 0) is 25.3 Å². The van der Waals surface area contributed by atoms with E-state index in [1.165, 1.54) is 0 Å². The predicted molar refractivity (Wildman–Crippen MR) is 74.9 cm³/mol. The Bertz CT molecular complexity index is 499. The summed E-state index contributed by atoms with van der Waals surface area (Å²) in [5.41, 5.74) is 5.81. The summed E-state index contributed by atoms with van der Waals surface area (Å²) < 4.78 is 0. The van der Waals surface area contributed by atoms with Crippen molar-refractivity contribution in [3.05, 3.63) is 35.9 Å². The normalized spacial score (nSPS) is 22.1. The van der Waals surface area contributed by atoms with Crippen molar-refractivity contribution in [1.29, 1.82) is 0 Å². The zero-order chi connectivity index (χ0) is 14.8. The molecule has 1 fully saturated rings. The lowest BCUT2D eigenvalue weighted by molar-refractivity contribution is -0.147. The van der Waals surface area contributed by atoms with Gasteiger partial charge >= 0.3 is 5.97 Å². The number of likely N-dealkylation sites (tertiary alicyclic amines) is 1. The summed E-state index contributed by atoms with van der Waals surface area (Å²) in [5, 5.41) is 9.09. The molecule has 1 aromatic carbocycles. The lowest BCUT2D eigenvalue weighted by atomic mass is 9.89. The topological polar surface area (TPSA) is 83.6 Å². The molecule has 0 radical (unpaired) electrons. The van der Waals surface area contributed by atoms with Crippen molar-refractivity contribution in [2.24, 2.45) is 11.7 Å². The van der Waals surface area contributed by atoms with E-state index in [9.17, 15) is 9.59 Å². The molecule has 1 aliphatic rings. The first-order valence-corrected chi connectivity index (χ1v) is 6.79. The zero-order valence-corrected chi connectivity index (χ0v) is 11.6. The van der Waals surface area contributed by atoms with Crippen LogP contribution in [-0.4, -0.2) is 35.0 Å². The van der Waals surface area contributed by atoms with E-state index in [1.807, 2.05) is 30.3 Å². The summed E-state index contributed by atoms with van der Waals surface area (Å²) in [6.45, 7) is 2.49. The van der Waals surface area contributed by atoms with Crippen molar-refractivity contribution < 1.29 is 14.7 Å². The number of carbonyl (C=O) groups excluding carboxylic acids is 1. The molecule has 5 heteroatoms. The predicted octanol–water partition coefficient (Wildman–Crippen LogP) is 1.18. The second-order valence-electron chi connectivity index (χ2n) is 5.50. The quantitative estimate of drug-likeness (QED) is 0.868. The van der Waals surface area contributed by atoms with Gasteiger partial charge < -0.3 is 15.7 Å². The van der Waals surface area contributed by atoms with Gasteiger partial charge in [0.15, 0.2) is 0 Å². The molecule has 20 heavy (non-hydrogen) atoms. The molecule has 108 valence electrons. The highest BCUT2D eigenvalue weighted by molar-refractivity contribution is 5.87. The van der Waals surface area contributed by atoms with Gasteiger partial charge in [0.1, 0.15) is 5.54 Å². The van der Waals surface area contributed by atoms with E-state index >= 15 is 0 Å². The van der Waals surface area contributed by atoms with E-state index in [2.05, 4.69) is 0 Å². The van der Waals surface area contributed by atoms with E-state index in [4.69, 9.17) is 10.8 Å². The molecule has 1 aliphatic heterocycles. The molecule has 2 atom stereocenters. The smallest absolute Gasteiger partial charge is 0.308 e. The Labute approximate surface area is 118 Å². The minimum atomic E-state index is -1.12. The number of amides is 1. The van der Waals surface area contributed by atoms with Crippen molar-refractivity contribution in [3.63, 3.8) is 0 Å². The fourth-order valence-corrected chi connectivity index (χ4v) is 2.60. The highest BCUT2D eigenvalue weighted by Crippen LogP contribution is 2.24. The van der Waals surface area contributed by atoms with Crippen LogP contribution in [0.3, 0.4) is 0 Å². The maximum Gasteiger partial charge on any atom is 0.308 e. The average molecular weight is 276 g/mol. The number of hydrogen-bond donors (Lipinski definition) is 2. The number of carboxylic acids is 1. The summed E-state index contributed by atoms with van der Waals surface area (Å²) in [6, 6.07) is 9.17. The molecule has 0 saturated carbocycles. The lowest BCUT2D eigenvalue weighted by Gasteiger charge is -2.36. The number of nitrogens with zero attached hydrogens (tertiary/aromatic N) is 1. The summed E-state index contributed by atoms with van der Waals surface area (Å²) in [6.07, 6.45) is 1.32. The van der Waals surface area contributed by atoms with Crippen molar-refractivity contribution in [1.82, 2.24) is 4.90 Å². The molecule has 1 unspecified atom stereocenters. The number of benzene rings is 1. The molecule has 1 heterocycles. The number of rotatable bonds is 3. The van der Waals surface area contributed by atoms with Crippen LogP contribution in [0.1, 0.15) is 25.3 Å². The largest absolute Gasteiger partial charge is 0.481 e. The zero-order valence-electron chi connectivity index (χ0n) is 11.6. The van der Waals surface area contributed by atoms with Crippen LogP contribution in [-0.2, 0) is 15.1 Å². The summed E-state index contributed by atoms with van der Waals surface area (Å²) in [4.78, 5) is 25.2. The second-order valence-corrected chi connectivity index (χ2v) is 5.50. The van der Waals surface area contributed by atoms with Crippen LogP contribution in [0.2, 0.25) is 0 Å². The van der Waals surface area contributed by atoms with Gasteiger partial charge in [-0.3, -0.25) is 9.59 Å². The van der Waals surface area contributed by atoms with Crippen LogP contribution < -0.4 is 5.73 Å². The molecule has 0 aromatic heterocycles. The summed E-state index contributed by atoms with van der Waals surface area (Å²) in [5.74, 6) is -1.55. The van der Waals surface area contributed by atoms with E-state index in [-0.39, 0.29) is 12.5 Å². The third-order valence-electron chi connectivity index (χ3n) is 3.88. The van der Waals surface area contributed by atoms with Crippen LogP contribution in [0, 0.1) is 5.92 Å². The fourth-order valence-electron chi connectivity index (χ4n) is 2.60. The van der Waals surface area contributed by atoms with Gasteiger partial charge in [-0.2, -0.15) is 0 Å². The first-order chi connectivity index (χ1) is 9.43. The Morgan fingerprint density at radius 1 is 1.35 bits per heavy atom. The van der Waals surface area contributed by atoms with Crippen LogP contribution in [0.5, 0.6) is 0 Å². The van der Waals surface area contributed by atoms with Crippen LogP contribution in [0.15, 0.2) is 30.3 Å². The molecule has 3 N–H and O–H groups in total. The Kier molecular flexibility index (Phi) is 4.09. The Hall–Kier alpha value is -1.88. The summed E-state index contributed by atoms with van der Waals surface area (Å²) in [7, 11) is 0. The first-order valence-electron chi connectivity index (χ1n) is 6.79. The van der Waals surface area contributed by atoms with E-state index in [1.54, 1.807) is 11.8 Å². The maximum atomic E-state index is 12.6. The Morgan fingerprint density at radius 2 is 2.00 bits per heavy atom. The molecule has 1 aromatic rings. The third kappa shape index (κ3) is 2.82. The van der Waals surface area contributed by atoms with Gasteiger partial charge in [-0.15, -0.1) is 0 Å². The van der Waals surface area contributed by atoms with Gasteiger partial charge in [0.25, 0.3) is 0 Å². The average Bonchev–Trinajstić information content (AvgIpc) is 2.47. The number of hydrogen-bond acceptors (Lipinski definition) is 3. The maximum absolute atomic E-state index is 12.6. The minimum Gasteiger partial charge on any atom is -0.481 e. The molecular weight excluding hydrogens is 256 g/mol. The molecule has 1 amide bonds. The number of nitrogens with two attached hydrogens (primary N) is 1. The van der Waals surface area contributed by atoms with Crippen molar-refractivity contribution >= 4 is 11.9 Å². The molecule has 2 rings (SSSR count). The number of aliphatic carboxylic acids is 1. The summed E-state index contributed by atoms with van der Waals surface area (Å²) >= 11 is 0. The van der Waals surface area contributed by atoms with Crippen molar-refractivity contribution in [3.8, 4) is 0 Å². The molecule has 1 saturated heterocycles. The second kappa shape index (κ2) is 5.63. The number of carboxylic acid groups (broad SMARTS) is 1. The van der Waals surface area contributed by atoms with E-state index in [0.29, 0.717) is 19.4 Å². The number of piperidine rings is 1. The van der Waals surface area contributed by atoms with Crippen molar-refractivity contribution in [2.45, 2.75) is 25.3 Å². The molecule has 5 nitrogen and oxygen atoms in total. The third-order valence-corrected chi connectivity index (χ3v) is 3.88. The Balaban J connectivity index is 2.16. The lowest BCUT2D eigenvalue weighted by Crippen LogP contribution is -2.54. The minimum absolute atomic E-state index is 0.213. The SMILES string of the molecule is CC(N)(C(=O)N1CCC[C@@H](C(=O)O)C1)c1ccccc1. The van der Waals surface area contributed by atoms with Gasteiger partial charge in [-0.1, -0.05) is 30.3 Å². The first kappa shape index (κ1) is 14.5. The van der Waals surface area contributed by atoms with Crippen LogP contribution in [0.25, 0.3) is 0 Å². The molecule has 0 spiro atoms. The van der Waals surface area contributed by atoms with E-state index < -0.39 is 17.4 Å². The van der Waals surface area contributed by atoms with E-state index in [0.717, 1.165) is 5.56 Å². The molecule has 0 aliphatic carbocycles. The molecule has 0 bridgehead atoms. The molecular formula is C15H20N2O3. The van der Waals surface area contributed by atoms with Gasteiger partial charge in [-0.25, -0.2) is 0 Å².